The van der Waals surface area contributed by atoms with Gasteiger partial charge in [-0.05, 0) is 13.0 Å². The van der Waals surface area contributed by atoms with E-state index in [1.54, 1.807) is 6.92 Å². The fourth-order valence-corrected chi connectivity index (χ4v) is 1.48. The first-order valence-corrected chi connectivity index (χ1v) is 5.41. The number of esters is 1. The van der Waals surface area contributed by atoms with Crippen molar-refractivity contribution in [3.63, 3.8) is 0 Å². The van der Waals surface area contributed by atoms with E-state index in [1.165, 1.54) is 0 Å². The lowest BCUT2D eigenvalue weighted by molar-refractivity contribution is -0.142. The molecule has 1 aromatic rings. The van der Waals surface area contributed by atoms with Gasteiger partial charge in [0.25, 0.3) is 6.43 Å². The summed E-state index contributed by atoms with van der Waals surface area (Å²) in [6.07, 6.45) is -2.92. The average molecular weight is 259 g/mol. The molecule has 100 valence electrons. The first kappa shape index (κ1) is 14.3. The largest absolute Gasteiger partial charge is 0.466 e. The van der Waals surface area contributed by atoms with Crippen LogP contribution in [0.2, 0.25) is 0 Å². The maximum Gasteiger partial charge on any atom is 0.311 e. The lowest BCUT2D eigenvalue weighted by atomic mass is 10.1. The van der Waals surface area contributed by atoms with E-state index >= 15 is 0 Å². The van der Waals surface area contributed by atoms with Gasteiger partial charge < -0.3 is 16.2 Å². The van der Waals surface area contributed by atoms with Crippen LogP contribution in [0.15, 0.2) is 6.07 Å². The third kappa shape index (κ3) is 3.36. The van der Waals surface area contributed by atoms with Crippen molar-refractivity contribution in [2.45, 2.75) is 26.3 Å². The molecule has 0 saturated heterocycles. The van der Waals surface area contributed by atoms with Gasteiger partial charge in [0.15, 0.2) is 0 Å². The van der Waals surface area contributed by atoms with Gasteiger partial charge in [0, 0.05) is 12.1 Å². The van der Waals surface area contributed by atoms with Gasteiger partial charge in [-0.1, -0.05) is 0 Å². The van der Waals surface area contributed by atoms with Crippen LogP contribution in [0.3, 0.4) is 0 Å². The number of nitrogens with two attached hydrogens (primary N) is 2. The second kappa shape index (κ2) is 6.25. The van der Waals surface area contributed by atoms with E-state index in [-0.39, 0.29) is 42.2 Å². The third-order valence-electron chi connectivity index (χ3n) is 2.28. The summed E-state index contributed by atoms with van der Waals surface area (Å²) >= 11 is 0. The van der Waals surface area contributed by atoms with Gasteiger partial charge in [0.1, 0.15) is 0 Å². The Labute approximate surface area is 103 Å². The fraction of sp³-hybridized carbons (Fsp3) is 0.455. The molecule has 0 bridgehead atoms. The van der Waals surface area contributed by atoms with Gasteiger partial charge in [-0.2, -0.15) is 0 Å². The van der Waals surface area contributed by atoms with Gasteiger partial charge in [0.05, 0.1) is 30.1 Å². The predicted octanol–water partition coefficient (Wildman–Crippen LogP) is 1.17. The average Bonchev–Trinajstić information content (AvgIpc) is 2.31. The highest BCUT2D eigenvalue weighted by molar-refractivity contribution is 5.72. The molecule has 1 rings (SSSR count). The molecular weight excluding hydrogens is 244 g/mol. The Morgan fingerprint density at radius 3 is 2.72 bits per heavy atom. The minimum absolute atomic E-state index is 0.0672. The number of ether oxygens (including phenoxy) is 1. The Morgan fingerprint density at radius 1 is 1.56 bits per heavy atom. The summed E-state index contributed by atoms with van der Waals surface area (Å²) < 4.78 is 30.2. The lowest BCUT2D eigenvalue weighted by Crippen LogP contribution is -2.14. The number of anilines is 1. The molecule has 7 heteroatoms. The van der Waals surface area contributed by atoms with Crippen LogP contribution in [0.1, 0.15) is 30.3 Å². The van der Waals surface area contributed by atoms with E-state index < -0.39 is 12.4 Å². The van der Waals surface area contributed by atoms with Gasteiger partial charge in [0.2, 0.25) is 0 Å². The normalized spacial score (nSPS) is 10.7. The summed E-state index contributed by atoms with van der Waals surface area (Å²) in [6.45, 7) is 1.81. The van der Waals surface area contributed by atoms with Crippen LogP contribution in [0.4, 0.5) is 14.5 Å². The maximum absolute atomic E-state index is 12.7. The topological polar surface area (TPSA) is 91.2 Å². The zero-order valence-electron chi connectivity index (χ0n) is 9.95. The summed E-state index contributed by atoms with van der Waals surface area (Å²) in [7, 11) is 0. The molecule has 0 atom stereocenters. The smallest absolute Gasteiger partial charge is 0.311 e. The number of alkyl halides is 2. The lowest BCUT2D eigenvalue weighted by Gasteiger charge is -2.11. The molecule has 5 nitrogen and oxygen atoms in total. The Balaban J connectivity index is 3.06. The van der Waals surface area contributed by atoms with E-state index in [1.807, 2.05) is 0 Å². The minimum atomic E-state index is -2.74. The van der Waals surface area contributed by atoms with E-state index in [9.17, 15) is 13.6 Å². The van der Waals surface area contributed by atoms with Crippen molar-refractivity contribution in [1.82, 2.24) is 4.98 Å². The van der Waals surface area contributed by atoms with Crippen LogP contribution >= 0.6 is 0 Å². The molecule has 0 aliphatic rings. The molecule has 1 aromatic heterocycles. The molecule has 0 unspecified atom stereocenters. The summed E-state index contributed by atoms with van der Waals surface area (Å²) in [5.41, 5.74) is 10.7. The van der Waals surface area contributed by atoms with Gasteiger partial charge in [-0.25, -0.2) is 8.78 Å². The molecule has 0 saturated carbocycles. The monoisotopic (exact) mass is 259 g/mol. The number of nitrogen functional groups attached to an aromatic ring is 1. The first-order valence-electron chi connectivity index (χ1n) is 5.41. The van der Waals surface area contributed by atoms with Crippen LogP contribution in [0, 0.1) is 0 Å². The Bertz CT molecular complexity index is 439. The molecular formula is C11H15F2N3O2. The van der Waals surface area contributed by atoms with Crippen LogP contribution in [0.5, 0.6) is 0 Å². The molecule has 0 spiro atoms. The van der Waals surface area contributed by atoms with Crippen molar-refractivity contribution in [1.29, 1.82) is 0 Å². The van der Waals surface area contributed by atoms with Gasteiger partial charge >= 0.3 is 5.97 Å². The third-order valence-corrected chi connectivity index (χ3v) is 2.28. The molecule has 18 heavy (non-hydrogen) atoms. The molecule has 0 amide bonds. The van der Waals surface area contributed by atoms with Crippen LogP contribution in [-0.4, -0.2) is 17.6 Å². The summed E-state index contributed by atoms with van der Waals surface area (Å²) in [5, 5.41) is 0. The summed E-state index contributed by atoms with van der Waals surface area (Å²) in [6, 6.07) is 1.11. The highest BCUT2D eigenvalue weighted by Gasteiger charge is 2.18. The second-order valence-corrected chi connectivity index (χ2v) is 3.55. The van der Waals surface area contributed by atoms with E-state index in [0.717, 1.165) is 6.07 Å². The van der Waals surface area contributed by atoms with Crippen molar-refractivity contribution >= 4 is 11.7 Å². The Kier molecular flexibility index (Phi) is 4.96. The Hall–Kier alpha value is -1.76. The number of nitrogens with zero attached hydrogens (tertiary/aromatic N) is 1. The highest BCUT2D eigenvalue weighted by atomic mass is 19.3. The maximum atomic E-state index is 12.7. The number of hydrogen-bond donors (Lipinski definition) is 2. The van der Waals surface area contributed by atoms with Crippen molar-refractivity contribution in [2.75, 3.05) is 12.3 Å². The number of pyridine rings is 1. The number of carbonyl (C=O) groups is 1. The fourth-order valence-electron chi connectivity index (χ4n) is 1.48. The first-order chi connectivity index (χ1) is 8.49. The van der Waals surface area contributed by atoms with Crippen LogP contribution in [-0.2, 0) is 22.5 Å². The zero-order valence-corrected chi connectivity index (χ0v) is 9.95. The quantitative estimate of drug-likeness (QED) is 0.774. The molecule has 0 aromatic carbocycles. The van der Waals surface area contributed by atoms with Gasteiger partial charge in [-0.3, -0.25) is 9.78 Å². The second-order valence-electron chi connectivity index (χ2n) is 3.55. The molecule has 4 N–H and O–H groups in total. The number of hydrogen-bond acceptors (Lipinski definition) is 5. The predicted molar refractivity (Wildman–Crippen MR) is 61.8 cm³/mol. The van der Waals surface area contributed by atoms with Crippen molar-refractivity contribution in [2.24, 2.45) is 5.73 Å². The summed E-state index contributed by atoms with van der Waals surface area (Å²) in [4.78, 5) is 15.2. The number of carbonyl (C=O) groups excluding carboxylic acids is 1. The number of rotatable bonds is 5. The van der Waals surface area contributed by atoms with Crippen molar-refractivity contribution in [3.8, 4) is 0 Å². The van der Waals surface area contributed by atoms with Crippen LogP contribution in [0.25, 0.3) is 0 Å². The van der Waals surface area contributed by atoms with E-state index in [0.29, 0.717) is 0 Å². The minimum Gasteiger partial charge on any atom is -0.466 e. The van der Waals surface area contributed by atoms with E-state index in [4.69, 9.17) is 16.2 Å². The van der Waals surface area contributed by atoms with Crippen molar-refractivity contribution < 1.29 is 18.3 Å². The van der Waals surface area contributed by atoms with E-state index in [2.05, 4.69) is 4.98 Å². The zero-order chi connectivity index (χ0) is 13.7. The SMILES string of the molecule is CCOC(=O)Cc1cc(C(F)F)c(N)c(CN)n1. The standard InChI is InChI=1S/C11H15F2N3O2/c1-2-18-9(17)4-6-3-7(11(12)13)10(15)8(5-14)16-6/h3,11H,2,4-5,14-15H2,1H3. The van der Waals surface area contributed by atoms with Gasteiger partial charge in [-0.15, -0.1) is 0 Å². The molecule has 0 aliphatic heterocycles. The highest BCUT2D eigenvalue weighted by Crippen LogP contribution is 2.27. The summed E-state index contributed by atoms with van der Waals surface area (Å²) in [5.74, 6) is -0.530. The van der Waals surface area contributed by atoms with Crippen LogP contribution < -0.4 is 11.5 Å². The van der Waals surface area contributed by atoms with Crippen molar-refractivity contribution in [3.05, 3.63) is 23.0 Å². The number of halogens is 2. The Morgan fingerprint density at radius 2 is 2.22 bits per heavy atom. The molecule has 0 fully saturated rings. The molecule has 0 radical (unpaired) electrons. The molecule has 1 heterocycles. The number of aromatic nitrogens is 1. The molecule has 0 aliphatic carbocycles.